The number of aliphatic hydroxyl groups excluding tert-OH is 1. The van der Waals surface area contributed by atoms with E-state index in [1.165, 1.54) is 4.90 Å². The molecule has 1 unspecified atom stereocenters. The number of aliphatic hydroxyl groups is 1. The topological polar surface area (TPSA) is 78.9 Å². The van der Waals surface area contributed by atoms with Crippen molar-refractivity contribution in [3.8, 4) is 0 Å². The maximum absolute atomic E-state index is 11.6. The van der Waals surface area contributed by atoms with Crippen molar-refractivity contribution in [1.29, 1.82) is 0 Å². The summed E-state index contributed by atoms with van der Waals surface area (Å²) in [6, 6.07) is 0. The van der Waals surface area contributed by atoms with Crippen LogP contribution in [0, 0.1) is 5.92 Å². The minimum absolute atomic E-state index is 0.00918. The second-order valence-electron chi connectivity index (χ2n) is 6.51. The quantitative estimate of drug-likeness (QED) is 0.282. The molecule has 0 aliphatic rings. The molecule has 0 bridgehead atoms. The summed E-state index contributed by atoms with van der Waals surface area (Å²) in [5.74, 6) is -0.00918. The molecule has 0 aromatic heterocycles. The van der Waals surface area contributed by atoms with Crippen molar-refractivity contribution in [1.82, 2.24) is 10.2 Å². The van der Waals surface area contributed by atoms with Crippen molar-refractivity contribution in [3.05, 3.63) is 11.3 Å². The van der Waals surface area contributed by atoms with Crippen molar-refractivity contribution in [2.24, 2.45) is 5.92 Å². The Bertz CT molecular complexity index is 448. The predicted octanol–water partition coefficient (Wildman–Crippen LogP) is 2.45. The Balaban J connectivity index is 4.88. The largest absolute Gasteiger partial charge is 0.444 e. The number of alkyl carbamates (subject to hydrolysis) is 1. The van der Waals surface area contributed by atoms with Crippen LogP contribution in [0.15, 0.2) is 11.3 Å². The number of amides is 2. The molecular formula is C16H30N2O4S2. The second kappa shape index (κ2) is 10.9. The number of nitrogens with one attached hydrogen (secondary N) is 1. The highest BCUT2D eigenvalue weighted by Gasteiger charge is 2.20. The van der Waals surface area contributed by atoms with Gasteiger partial charge in [0.15, 0.2) is 0 Å². The fraction of sp³-hybridized carbons (Fsp3) is 0.750. The van der Waals surface area contributed by atoms with Gasteiger partial charge in [-0.25, -0.2) is 4.79 Å². The first-order valence-electron chi connectivity index (χ1n) is 7.89. The molecule has 24 heavy (non-hydrogen) atoms. The lowest BCUT2D eigenvalue weighted by Gasteiger charge is -2.27. The van der Waals surface area contributed by atoms with Gasteiger partial charge in [-0.1, -0.05) is 6.92 Å². The predicted molar refractivity (Wildman–Crippen MR) is 102 cm³/mol. The minimum atomic E-state index is -0.567. The third-order valence-corrected chi connectivity index (χ3v) is 4.32. The summed E-state index contributed by atoms with van der Waals surface area (Å²) >= 11 is 8.64. The minimum Gasteiger partial charge on any atom is -0.444 e. The highest BCUT2D eigenvalue weighted by atomic mass is 32.2. The van der Waals surface area contributed by atoms with Crippen LogP contribution in [0.25, 0.3) is 0 Å². The Morgan fingerprint density at radius 1 is 1.38 bits per heavy atom. The lowest BCUT2D eigenvalue weighted by atomic mass is 9.97. The molecule has 0 fully saturated rings. The van der Waals surface area contributed by atoms with Crippen LogP contribution in [0.4, 0.5) is 4.79 Å². The van der Waals surface area contributed by atoms with Crippen LogP contribution in [-0.2, 0) is 9.53 Å². The fourth-order valence-electron chi connectivity index (χ4n) is 2.11. The summed E-state index contributed by atoms with van der Waals surface area (Å²) in [4.78, 5) is 24.5. The molecule has 0 aromatic rings. The normalized spacial score (nSPS) is 14.0. The zero-order valence-electron chi connectivity index (χ0n) is 15.1. The van der Waals surface area contributed by atoms with Gasteiger partial charge in [-0.05, 0) is 45.6 Å². The molecule has 0 aliphatic carbocycles. The van der Waals surface area contributed by atoms with Crippen molar-refractivity contribution in [3.63, 3.8) is 0 Å². The van der Waals surface area contributed by atoms with Crippen LogP contribution in [0.2, 0.25) is 0 Å². The van der Waals surface area contributed by atoms with E-state index >= 15 is 0 Å². The Kier molecular flexibility index (Phi) is 10.5. The van der Waals surface area contributed by atoms with Gasteiger partial charge in [0, 0.05) is 25.4 Å². The average Bonchev–Trinajstić information content (AvgIpc) is 2.46. The number of nitrogens with zero attached hydrogens (tertiary/aromatic N) is 1. The summed E-state index contributed by atoms with van der Waals surface area (Å²) in [7, 11) is 0. The number of rotatable bonds is 9. The molecule has 2 N–H and O–H groups in total. The molecule has 2 amide bonds. The number of hydrogen-bond acceptors (Lipinski definition) is 6. The number of carbonyl (C=O) groups is 2. The molecule has 0 spiro atoms. The summed E-state index contributed by atoms with van der Waals surface area (Å²) in [6.45, 7) is 9.65. The molecule has 0 radical (unpaired) electrons. The van der Waals surface area contributed by atoms with E-state index in [4.69, 9.17) is 4.74 Å². The van der Waals surface area contributed by atoms with Crippen molar-refractivity contribution < 1.29 is 19.4 Å². The second-order valence-corrected chi connectivity index (χ2v) is 8.03. The number of ether oxygens (including phenoxy) is 1. The molecule has 0 saturated carbocycles. The van der Waals surface area contributed by atoms with Gasteiger partial charge in [-0.2, -0.15) is 25.3 Å². The van der Waals surface area contributed by atoms with E-state index in [1.54, 1.807) is 20.8 Å². The third-order valence-electron chi connectivity index (χ3n) is 3.42. The summed E-state index contributed by atoms with van der Waals surface area (Å²) < 4.78 is 4.95. The van der Waals surface area contributed by atoms with E-state index in [0.717, 1.165) is 11.3 Å². The van der Waals surface area contributed by atoms with Gasteiger partial charge in [-0.3, -0.25) is 4.79 Å². The molecule has 0 saturated heterocycles. The van der Waals surface area contributed by atoms with Gasteiger partial charge in [-0.15, -0.1) is 0 Å². The van der Waals surface area contributed by atoms with Crippen molar-refractivity contribution >= 4 is 37.8 Å². The van der Waals surface area contributed by atoms with Crippen molar-refractivity contribution in [2.45, 2.75) is 51.2 Å². The first-order chi connectivity index (χ1) is 11.0. The van der Waals surface area contributed by atoms with Gasteiger partial charge in [0.1, 0.15) is 5.60 Å². The monoisotopic (exact) mass is 378 g/mol. The Labute approximate surface area is 155 Å². The van der Waals surface area contributed by atoms with Crippen LogP contribution in [0.5, 0.6) is 0 Å². The standard InChI is InChI=1S/C16H30N2O4S2/c1-11(14(23)24)13(6-9-19)12(2)18(10-20)8-7-17-15(21)22-16(3,4)5/h10-11,14,19,23-24H,6-9H2,1-5H3,(H,17,21). The van der Waals surface area contributed by atoms with Crippen LogP contribution in [-0.4, -0.2) is 52.4 Å². The highest BCUT2D eigenvalue weighted by Crippen LogP contribution is 2.27. The van der Waals surface area contributed by atoms with Crippen LogP contribution >= 0.6 is 25.3 Å². The zero-order chi connectivity index (χ0) is 18.9. The molecule has 0 aromatic carbocycles. The Morgan fingerprint density at radius 3 is 2.38 bits per heavy atom. The summed E-state index contributed by atoms with van der Waals surface area (Å²) in [5.41, 5.74) is 1.09. The highest BCUT2D eigenvalue weighted by molar-refractivity contribution is 7.99. The number of hydrogen-bond donors (Lipinski definition) is 4. The molecule has 1 atom stereocenters. The van der Waals surface area contributed by atoms with Crippen molar-refractivity contribution in [2.75, 3.05) is 19.7 Å². The number of carbonyl (C=O) groups excluding carboxylic acids is 2. The zero-order valence-corrected chi connectivity index (χ0v) is 16.9. The van der Waals surface area contributed by atoms with Gasteiger partial charge in [0.05, 0.1) is 4.58 Å². The van der Waals surface area contributed by atoms with Gasteiger partial charge in [0.2, 0.25) is 6.41 Å². The van der Waals surface area contributed by atoms with Crippen LogP contribution < -0.4 is 5.32 Å². The van der Waals surface area contributed by atoms with E-state index in [9.17, 15) is 14.7 Å². The average molecular weight is 379 g/mol. The molecular weight excluding hydrogens is 348 g/mol. The van der Waals surface area contributed by atoms with E-state index < -0.39 is 11.7 Å². The SMILES string of the molecule is CC(=C(CCO)C(C)C(S)S)N(C=O)CCNC(=O)OC(C)(C)C. The fourth-order valence-corrected chi connectivity index (χ4v) is 2.47. The van der Waals surface area contributed by atoms with Gasteiger partial charge in [0.25, 0.3) is 0 Å². The molecule has 6 nitrogen and oxygen atoms in total. The first kappa shape index (κ1) is 23.1. The molecule has 0 aliphatic heterocycles. The van der Waals surface area contributed by atoms with Gasteiger partial charge >= 0.3 is 6.09 Å². The molecule has 0 rings (SSSR count). The lowest BCUT2D eigenvalue weighted by Crippen LogP contribution is -2.37. The van der Waals surface area contributed by atoms with E-state index in [1.807, 2.05) is 13.8 Å². The maximum Gasteiger partial charge on any atom is 0.407 e. The lowest BCUT2D eigenvalue weighted by molar-refractivity contribution is -0.116. The van der Waals surface area contributed by atoms with E-state index in [-0.39, 0.29) is 23.7 Å². The maximum atomic E-state index is 11.6. The van der Waals surface area contributed by atoms with Crippen LogP contribution in [0.3, 0.4) is 0 Å². The Morgan fingerprint density at radius 2 is 1.96 bits per heavy atom. The van der Waals surface area contributed by atoms with Gasteiger partial charge < -0.3 is 20.1 Å². The molecule has 140 valence electrons. The molecule has 0 heterocycles. The third kappa shape index (κ3) is 8.84. The summed E-state index contributed by atoms with van der Waals surface area (Å²) in [6.07, 6.45) is 0.626. The number of thiol groups is 2. The molecule has 8 heteroatoms. The van der Waals surface area contributed by atoms with Crippen LogP contribution in [0.1, 0.15) is 41.0 Å². The summed E-state index contributed by atoms with van der Waals surface area (Å²) in [5, 5.41) is 11.9. The van der Waals surface area contributed by atoms with E-state index in [2.05, 4.69) is 30.6 Å². The number of allylic oxidation sites excluding steroid dienone is 1. The smallest absolute Gasteiger partial charge is 0.407 e. The van der Waals surface area contributed by atoms with E-state index in [0.29, 0.717) is 19.4 Å². The first-order valence-corrected chi connectivity index (χ1v) is 8.92. The Hall–Kier alpha value is -0.860.